The normalized spacial score (nSPS) is 16.7. The van der Waals surface area contributed by atoms with Crippen LogP contribution in [0.5, 0.6) is 0 Å². The molecule has 1 saturated heterocycles. The van der Waals surface area contributed by atoms with Crippen molar-refractivity contribution in [3.63, 3.8) is 0 Å². The summed E-state index contributed by atoms with van der Waals surface area (Å²) in [6, 6.07) is 10.2. The first-order valence-corrected chi connectivity index (χ1v) is 6.56. The molecule has 0 amide bonds. The highest BCUT2D eigenvalue weighted by atomic mass is 16.4. The number of nitrogens with zero attached hydrogens (tertiary/aromatic N) is 2. The number of hydrogen-bond donors (Lipinski definition) is 1. The van der Waals surface area contributed by atoms with Crippen molar-refractivity contribution in [2.75, 3.05) is 18.0 Å². The molecule has 2 heterocycles. The summed E-state index contributed by atoms with van der Waals surface area (Å²) < 4.78 is 0. The Kier molecular flexibility index (Phi) is 3.07. The molecule has 1 N–H and O–H groups in total. The van der Waals surface area contributed by atoms with Gasteiger partial charge < -0.3 is 10.0 Å². The van der Waals surface area contributed by atoms with Crippen LogP contribution in [0, 0.1) is 5.92 Å². The summed E-state index contributed by atoms with van der Waals surface area (Å²) in [5.41, 5.74) is 0. The Balaban J connectivity index is 1.80. The highest BCUT2D eigenvalue weighted by Gasteiger charge is 2.24. The highest BCUT2D eigenvalue weighted by Crippen LogP contribution is 2.24. The van der Waals surface area contributed by atoms with E-state index >= 15 is 0 Å². The second kappa shape index (κ2) is 4.88. The maximum atomic E-state index is 10.9. The molecule has 1 aromatic heterocycles. The smallest absolute Gasteiger partial charge is 0.306 e. The van der Waals surface area contributed by atoms with Crippen LogP contribution in [-0.4, -0.2) is 29.1 Å². The van der Waals surface area contributed by atoms with Crippen molar-refractivity contribution in [3.8, 4) is 0 Å². The summed E-state index contributed by atoms with van der Waals surface area (Å²) in [5, 5.41) is 11.3. The van der Waals surface area contributed by atoms with E-state index in [1.165, 1.54) is 5.39 Å². The Morgan fingerprint density at radius 1 is 1.21 bits per heavy atom. The molecule has 1 aliphatic heterocycles. The van der Waals surface area contributed by atoms with Crippen molar-refractivity contribution < 1.29 is 9.90 Å². The van der Waals surface area contributed by atoms with Crippen LogP contribution < -0.4 is 4.90 Å². The van der Waals surface area contributed by atoms with Crippen LogP contribution in [0.25, 0.3) is 10.8 Å². The SMILES string of the molecule is O=C(O)C1CCN(c2cc3ccccc3cn2)CC1. The number of hydrogen-bond acceptors (Lipinski definition) is 3. The standard InChI is InChI=1S/C15H16N2O2/c18-15(19)11-5-7-17(8-6-11)14-9-12-3-1-2-4-13(12)10-16-14/h1-4,9-11H,5-8H2,(H,18,19). The molecule has 0 aliphatic carbocycles. The third-order valence-electron chi connectivity index (χ3n) is 3.78. The van der Waals surface area contributed by atoms with E-state index in [1.807, 2.05) is 24.4 Å². The third kappa shape index (κ3) is 2.38. The van der Waals surface area contributed by atoms with E-state index in [2.05, 4.69) is 22.0 Å². The zero-order chi connectivity index (χ0) is 13.2. The molecule has 0 atom stereocenters. The zero-order valence-electron chi connectivity index (χ0n) is 10.6. The summed E-state index contributed by atoms with van der Waals surface area (Å²) in [6.45, 7) is 1.53. The monoisotopic (exact) mass is 256 g/mol. The van der Waals surface area contributed by atoms with E-state index in [9.17, 15) is 4.79 Å². The minimum Gasteiger partial charge on any atom is -0.481 e. The van der Waals surface area contributed by atoms with Crippen LogP contribution >= 0.6 is 0 Å². The fraction of sp³-hybridized carbons (Fsp3) is 0.333. The Morgan fingerprint density at radius 2 is 1.89 bits per heavy atom. The molecule has 0 radical (unpaired) electrons. The maximum absolute atomic E-state index is 10.9. The molecule has 1 aliphatic rings. The van der Waals surface area contributed by atoms with Gasteiger partial charge in [0.15, 0.2) is 0 Å². The average molecular weight is 256 g/mol. The molecule has 4 heteroatoms. The first kappa shape index (κ1) is 12.0. The summed E-state index contributed by atoms with van der Waals surface area (Å²) in [6.07, 6.45) is 3.28. The molecular weight excluding hydrogens is 240 g/mol. The highest BCUT2D eigenvalue weighted by molar-refractivity contribution is 5.84. The topological polar surface area (TPSA) is 53.4 Å². The lowest BCUT2D eigenvalue weighted by Crippen LogP contribution is -2.36. The first-order chi connectivity index (χ1) is 9.24. The lowest BCUT2D eigenvalue weighted by Gasteiger charge is -2.31. The molecule has 0 bridgehead atoms. The minimum absolute atomic E-state index is 0.197. The molecule has 1 fully saturated rings. The van der Waals surface area contributed by atoms with E-state index in [0.717, 1.165) is 24.3 Å². The van der Waals surface area contributed by atoms with Gasteiger partial charge in [0.05, 0.1) is 5.92 Å². The molecular formula is C15H16N2O2. The van der Waals surface area contributed by atoms with Gasteiger partial charge in [0.2, 0.25) is 0 Å². The Labute approximate surface area is 111 Å². The first-order valence-electron chi connectivity index (χ1n) is 6.56. The molecule has 0 saturated carbocycles. The fourth-order valence-electron chi connectivity index (χ4n) is 2.60. The lowest BCUT2D eigenvalue weighted by atomic mass is 9.97. The zero-order valence-corrected chi connectivity index (χ0v) is 10.6. The number of anilines is 1. The number of piperidine rings is 1. The van der Waals surface area contributed by atoms with Gasteiger partial charge in [-0.15, -0.1) is 0 Å². The largest absolute Gasteiger partial charge is 0.481 e. The predicted molar refractivity (Wildman–Crippen MR) is 74.3 cm³/mol. The summed E-state index contributed by atoms with van der Waals surface area (Å²) in [5.74, 6) is 0.0744. The van der Waals surface area contributed by atoms with Gasteiger partial charge in [-0.1, -0.05) is 24.3 Å². The van der Waals surface area contributed by atoms with Crippen molar-refractivity contribution in [1.82, 2.24) is 4.98 Å². The number of carboxylic acids is 1. The van der Waals surface area contributed by atoms with Gasteiger partial charge in [0, 0.05) is 24.7 Å². The fourth-order valence-corrected chi connectivity index (χ4v) is 2.60. The van der Waals surface area contributed by atoms with Crippen LogP contribution in [0.1, 0.15) is 12.8 Å². The summed E-state index contributed by atoms with van der Waals surface area (Å²) in [4.78, 5) is 17.6. The van der Waals surface area contributed by atoms with Crippen LogP contribution in [0.2, 0.25) is 0 Å². The molecule has 4 nitrogen and oxygen atoms in total. The van der Waals surface area contributed by atoms with Crippen molar-refractivity contribution in [2.24, 2.45) is 5.92 Å². The van der Waals surface area contributed by atoms with Gasteiger partial charge in [0.1, 0.15) is 5.82 Å². The number of pyridine rings is 1. The number of carbonyl (C=O) groups is 1. The molecule has 19 heavy (non-hydrogen) atoms. The number of rotatable bonds is 2. The van der Waals surface area contributed by atoms with Crippen LogP contribution in [-0.2, 0) is 4.79 Å². The number of fused-ring (bicyclic) bond motifs is 1. The van der Waals surface area contributed by atoms with Crippen LogP contribution in [0.4, 0.5) is 5.82 Å². The summed E-state index contributed by atoms with van der Waals surface area (Å²) in [7, 11) is 0. The van der Waals surface area contributed by atoms with Crippen LogP contribution in [0.15, 0.2) is 36.5 Å². The molecule has 1 aromatic carbocycles. The van der Waals surface area contributed by atoms with Crippen molar-refractivity contribution in [2.45, 2.75) is 12.8 Å². The Bertz CT molecular complexity index is 604. The van der Waals surface area contributed by atoms with Gasteiger partial charge in [-0.05, 0) is 24.3 Å². The third-order valence-corrected chi connectivity index (χ3v) is 3.78. The van der Waals surface area contributed by atoms with Gasteiger partial charge in [-0.3, -0.25) is 4.79 Å². The minimum atomic E-state index is -0.675. The average Bonchev–Trinajstić information content (AvgIpc) is 2.47. The molecule has 3 rings (SSSR count). The predicted octanol–water partition coefficient (Wildman–Crippen LogP) is 2.54. The Morgan fingerprint density at radius 3 is 2.58 bits per heavy atom. The second-order valence-corrected chi connectivity index (χ2v) is 4.99. The number of aliphatic carboxylic acids is 1. The number of benzene rings is 1. The van der Waals surface area contributed by atoms with Gasteiger partial charge in [-0.2, -0.15) is 0 Å². The van der Waals surface area contributed by atoms with Crippen molar-refractivity contribution >= 4 is 22.6 Å². The summed E-state index contributed by atoms with van der Waals surface area (Å²) >= 11 is 0. The molecule has 0 spiro atoms. The van der Waals surface area contributed by atoms with E-state index in [4.69, 9.17) is 5.11 Å². The van der Waals surface area contributed by atoms with E-state index in [0.29, 0.717) is 12.8 Å². The van der Waals surface area contributed by atoms with E-state index in [1.54, 1.807) is 0 Å². The van der Waals surface area contributed by atoms with Crippen molar-refractivity contribution in [1.29, 1.82) is 0 Å². The van der Waals surface area contributed by atoms with E-state index < -0.39 is 5.97 Å². The van der Waals surface area contributed by atoms with Gasteiger partial charge >= 0.3 is 5.97 Å². The lowest BCUT2D eigenvalue weighted by molar-refractivity contribution is -0.142. The molecule has 0 unspecified atom stereocenters. The van der Waals surface area contributed by atoms with E-state index in [-0.39, 0.29) is 5.92 Å². The van der Waals surface area contributed by atoms with Gasteiger partial charge in [0.25, 0.3) is 0 Å². The second-order valence-electron chi connectivity index (χ2n) is 4.99. The van der Waals surface area contributed by atoms with Gasteiger partial charge in [-0.25, -0.2) is 4.98 Å². The number of aromatic nitrogens is 1. The Hall–Kier alpha value is -2.10. The van der Waals surface area contributed by atoms with Crippen LogP contribution in [0.3, 0.4) is 0 Å². The molecule has 98 valence electrons. The quantitative estimate of drug-likeness (QED) is 0.897. The van der Waals surface area contributed by atoms with Crippen molar-refractivity contribution in [3.05, 3.63) is 36.5 Å². The maximum Gasteiger partial charge on any atom is 0.306 e. The number of carboxylic acid groups (broad SMARTS) is 1. The molecule has 2 aromatic rings.